The quantitative estimate of drug-likeness (QED) is 0.637. The third-order valence-corrected chi connectivity index (χ3v) is 4.45. The van der Waals surface area contributed by atoms with Gasteiger partial charge in [0.15, 0.2) is 23.0 Å². The zero-order valence-electron chi connectivity index (χ0n) is 16.6. The van der Waals surface area contributed by atoms with E-state index in [4.69, 9.17) is 18.9 Å². The van der Waals surface area contributed by atoms with Gasteiger partial charge in [0.1, 0.15) is 19.8 Å². The smallest absolute Gasteiger partial charge is 0.255 e. The van der Waals surface area contributed by atoms with Crippen molar-refractivity contribution in [1.29, 1.82) is 0 Å². The molecule has 1 aromatic heterocycles. The highest BCUT2D eigenvalue weighted by Crippen LogP contribution is 2.33. The van der Waals surface area contributed by atoms with Crippen LogP contribution < -0.4 is 24.3 Å². The van der Waals surface area contributed by atoms with Crippen LogP contribution in [0.5, 0.6) is 23.0 Å². The van der Waals surface area contributed by atoms with Gasteiger partial charge in [-0.05, 0) is 55.0 Å². The van der Waals surface area contributed by atoms with E-state index in [1.165, 1.54) is 0 Å². The molecule has 0 saturated heterocycles. The van der Waals surface area contributed by atoms with Gasteiger partial charge in [-0.25, -0.2) is 0 Å². The van der Waals surface area contributed by atoms with Crippen LogP contribution in [0.25, 0.3) is 0 Å². The summed E-state index contributed by atoms with van der Waals surface area (Å²) < 4.78 is 22.6. The Kier molecular flexibility index (Phi) is 5.98. The number of benzene rings is 2. The predicted molar refractivity (Wildman–Crippen MR) is 112 cm³/mol. The molecule has 0 spiro atoms. The van der Waals surface area contributed by atoms with Crippen molar-refractivity contribution in [3.8, 4) is 23.0 Å². The Morgan fingerprint density at radius 3 is 2.57 bits per heavy atom. The molecular formula is C23H22N2O5. The molecule has 0 aliphatic carbocycles. The van der Waals surface area contributed by atoms with Crippen LogP contribution in [0, 0.1) is 0 Å². The van der Waals surface area contributed by atoms with Gasteiger partial charge in [0.2, 0.25) is 0 Å². The number of hydrogen-bond donors (Lipinski definition) is 1. The first kappa shape index (κ1) is 19.6. The number of carbonyl (C=O) groups excluding carboxylic acids is 1. The summed E-state index contributed by atoms with van der Waals surface area (Å²) in [5.74, 6) is 2.13. The first-order chi connectivity index (χ1) is 14.7. The van der Waals surface area contributed by atoms with E-state index in [0.29, 0.717) is 60.7 Å². The van der Waals surface area contributed by atoms with E-state index in [-0.39, 0.29) is 5.91 Å². The van der Waals surface area contributed by atoms with Gasteiger partial charge in [-0.15, -0.1) is 0 Å². The molecule has 2 aromatic carbocycles. The molecule has 1 N–H and O–H groups in total. The average molecular weight is 406 g/mol. The van der Waals surface area contributed by atoms with Crippen LogP contribution in [-0.4, -0.2) is 30.7 Å². The maximum atomic E-state index is 12.7. The van der Waals surface area contributed by atoms with Crippen molar-refractivity contribution in [2.24, 2.45) is 0 Å². The summed E-state index contributed by atoms with van der Waals surface area (Å²) in [6.07, 6.45) is 3.43. The summed E-state index contributed by atoms with van der Waals surface area (Å²) in [7, 11) is 0. The number of pyridine rings is 1. The molecule has 0 radical (unpaired) electrons. The van der Waals surface area contributed by atoms with Gasteiger partial charge in [0, 0.05) is 29.7 Å². The number of aromatic nitrogens is 1. The van der Waals surface area contributed by atoms with Gasteiger partial charge >= 0.3 is 0 Å². The molecule has 7 heteroatoms. The Morgan fingerprint density at radius 1 is 0.967 bits per heavy atom. The molecule has 1 amide bonds. The number of rotatable bonds is 7. The number of carbonyl (C=O) groups is 1. The van der Waals surface area contributed by atoms with Gasteiger partial charge in [-0.2, -0.15) is 0 Å². The molecule has 30 heavy (non-hydrogen) atoms. The molecule has 1 aliphatic heterocycles. The first-order valence-electron chi connectivity index (χ1n) is 9.72. The lowest BCUT2D eigenvalue weighted by atomic mass is 10.1. The molecule has 0 atom stereocenters. The Bertz CT molecular complexity index is 1020. The van der Waals surface area contributed by atoms with Gasteiger partial charge in [-0.3, -0.25) is 9.78 Å². The second-order valence-corrected chi connectivity index (χ2v) is 6.55. The molecule has 0 unspecified atom stereocenters. The Balaban J connectivity index is 1.48. The SMILES string of the molecule is CCOc1cc(C(=O)Nc2ccc3c(c2)OCCO3)ccc1OCc1ccncc1. The molecule has 0 fully saturated rings. The molecule has 0 bridgehead atoms. The third kappa shape index (κ3) is 4.63. The number of hydrogen-bond acceptors (Lipinski definition) is 6. The monoisotopic (exact) mass is 406 g/mol. The van der Waals surface area contributed by atoms with Crippen LogP contribution in [0.3, 0.4) is 0 Å². The molecule has 7 nitrogen and oxygen atoms in total. The fourth-order valence-electron chi connectivity index (χ4n) is 3.00. The summed E-state index contributed by atoms with van der Waals surface area (Å²) in [5, 5.41) is 2.88. The molecular weight excluding hydrogens is 384 g/mol. The highest BCUT2D eigenvalue weighted by molar-refractivity contribution is 6.04. The summed E-state index contributed by atoms with van der Waals surface area (Å²) in [6.45, 7) is 3.73. The van der Waals surface area contributed by atoms with Crippen LogP contribution in [0.15, 0.2) is 60.9 Å². The van der Waals surface area contributed by atoms with Gasteiger partial charge in [-0.1, -0.05) is 0 Å². The first-order valence-corrected chi connectivity index (χ1v) is 9.72. The Hall–Kier alpha value is -3.74. The number of nitrogens with zero attached hydrogens (tertiary/aromatic N) is 1. The van der Waals surface area contributed by atoms with E-state index in [1.54, 1.807) is 48.8 Å². The van der Waals surface area contributed by atoms with E-state index in [0.717, 1.165) is 5.56 Å². The van der Waals surface area contributed by atoms with E-state index in [2.05, 4.69) is 10.3 Å². The minimum Gasteiger partial charge on any atom is -0.490 e. The highest BCUT2D eigenvalue weighted by atomic mass is 16.6. The molecule has 2 heterocycles. The van der Waals surface area contributed by atoms with Crippen molar-refractivity contribution in [2.45, 2.75) is 13.5 Å². The molecule has 1 aliphatic rings. The van der Waals surface area contributed by atoms with Crippen molar-refractivity contribution >= 4 is 11.6 Å². The van der Waals surface area contributed by atoms with Crippen LogP contribution >= 0.6 is 0 Å². The number of anilines is 1. The van der Waals surface area contributed by atoms with Gasteiger partial charge in [0.25, 0.3) is 5.91 Å². The lowest BCUT2D eigenvalue weighted by Crippen LogP contribution is -2.16. The van der Waals surface area contributed by atoms with Crippen molar-refractivity contribution in [3.05, 3.63) is 72.1 Å². The molecule has 0 saturated carbocycles. The molecule has 4 rings (SSSR count). The summed E-state index contributed by atoms with van der Waals surface area (Å²) in [6, 6.07) is 14.2. The lowest BCUT2D eigenvalue weighted by molar-refractivity contribution is 0.102. The van der Waals surface area contributed by atoms with E-state index < -0.39 is 0 Å². The van der Waals surface area contributed by atoms with Crippen molar-refractivity contribution in [1.82, 2.24) is 4.98 Å². The van der Waals surface area contributed by atoms with Crippen LogP contribution in [0.1, 0.15) is 22.8 Å². The highest BCUT2D eigenvalue weighted by Gasteiger charge is 2.15. The fraction of sp³-hybridized carbons (Fsp3) is 0.217. The largest absolute Gasteiger partial charge is 0.490 e. The summed E-state index contributed by atoms with van der Waals surface area (Å²) in [5.41, 5.74) is 2.08. The zero-order chi connectivity index (χ0) is 20.8. The molecule has 3 aromatic rings. The van der Waals surface area contributed by atoms with Crippen LogP contribution in [-0.2, 0) is 6.61 Å². The normalized spacial score (nSPS) is 12.2. The van der Waals surface area contributed by atoms with E-state index >= 15 is 0 Å². The number of amides is 1. The van der Waals surface area contributed by atoms with Crippen molar-refractivity contribution < 1.29 is 23.7 Å². The third-order valence-electron chi connectivity index (χ3n) is 4.45. The second kappa shape index (κ2) is 9.17. The number of fused-ring (bicyclic) bond motifs is 1. The van der Waals surface area contributed by atoms with Crippen molar-refractivity contribution in [2.75, 3.05) is 25.1 Å². The zero-order valence-corrected chi connectivity index (χ0v) is 16.6. The Labute approximate surface area is 174 Å². The Morgan fingerprint density at radius 2 is 1.77 bits per heavy atom. The van der Waals surface area contributed by atoms with E-state index in [1.807, 2.05) is 19.1 Å². The lowest BCUT2D eigenvalue weighted by Gasteiger charge is -2.19. The maximum Gasteiger partial charge on any atom is 0.255 e. The standard InChI is InChI=1S/C23H22N2O5/c1-2-27-21-13-17(3-5-20(21)30-15-16-7-9-24-10-8-16)23(26)25-18-4-6-19-22(14-18)29-12-11-28-19/h3-10,13-14H,2,11-12,15H2,1H3,(H,25,26). The second-order valence-electron chi connectivity index (χ2n) is 6.55. The van der Waals surface area contributed by atoms with Crippen LogP contribution in [0.4, 0.5) is 5.69 Å². The minimum atomic E-state index is -0.256. The van der Waals surface area contributed by atoms with Crippen molar-refractivity contribution in [3.63, 3.8) is 0 Å². The van der Waals surface area contributed by atoms with E-state index in [9.17, 15) is 4.79 Å². The number of nitrogens with one attached hydrogen (secondary N) is 1. The summed E-state index contributed by atoms with van der Waals surface area (Å²) in [4.78, 5) is 16.7. The topological polar surface area (TPSA) is 78.9 Å². The average Bonchev–Trinajstić information content (AvgIpc) is 2.79. The fourth-order valence-corrected chi connectivity index (χ4v) is 3.00. The van der Waals surface area contributed by atoms with Gasteiger partial charge < -0.3 is 24.3 Å². The maximum absolute atomic E-state index is 12.7. The molecule has 154 valence electrons. The van der Waals surface area contributed by atoms with Gasteiger partial charge in [0.05, 0.1) is 6.61 Å². The van der Waals surface area contributed by atoms with Crippen LogP contribution in [0.2, 0.25) is 0 Å². The predicted octanol–water partition coefficient (Wildman–Crippen LogP) is 4.08. The summed E-state index contributed by atoms with van der Waals surface area (Å²) >= 11 is 0. The number of ether oxygens (including phenoxy) is 4. The minimum absolute atomic E-state index is 0.256.